The van der Waals surface area contributed by atoms with Gasteiger partial charge in [-0.15, -0.1) is 0 Å². The summed E-state index contributed by atoms with van der Waals surface area (Å²) in [6.07, 6.45) is 5.50. The van der Waals surface area contributed by atoms with Crippen molar-refractivity contribution in [3.8, 4) is 5.75 Å². The van der Waals surface area contributed by atoms with Crippen LogP contribution in [-0.4, -0.2) is 12.3 Å². The van der Waals surface area contributed by atoms with E-state index in [1.165, 1.54) is 0 Å². The second-order valence-electron chi connectivity index (χ2n) is 4.37. The lowest BCUT2D eigenvalue weighted by Crippen LogP contribution is -2.02. The van der Waals surface area contributed by atoms with E-state index >= 15 is 0 Å². The SMILES string of the molecule is CCCCP(=O)(CCCC)Oc1ccccc1. The van der Waals surface area contributed by atoms with Gasteiger partial charge in [0.2, 0.25) is 7.37 Å². The van der Waals surface area contributed by atoms with Gasteiger partial charge in [0.05, 0.1) is 0 Å². The highest BCUT2D eigenvalue weighted by Crippen LogP contribution is 2.48. The van der Waals surface area contributed by atoms with Gasteiger partial charge in [0.25, 0.3) is 0 Å². The lowest BCUT2D eigenvalue weighted by molar-refractivity contribution is 0.476. The number of rotatable bonds is 8. The third-order valence-electron chi connectivity index (χ3n) is 2.72. The predicted octanol–water partition coefficient (Wildman–Crippen LogP) is 4.94. The zero-order valence-electron chi connectivity index (χ0n) is 10.9. The third kappa shape index (κ3) is 5.41. The maximum atomic E-state index is 12.7. The van der Waals surface area contributed by atoms with E-state index in [1.807, 2.05) is 30.3 Å². The van der Waals surface area contributed by atoms with E-state index in [9.17, 15) is 4.57 Å². The Morgan fingerprint density at radius 2 is 1.53 bits per heavy atom. The molecule has 96 valence electrons. The molecule has 3 heteroatoms. The van der Waals surface area contributed by atoms with Crippen LogP contribution in [-0.2, 0) is 4.57 Å². The summed E-state index contributed by atoms with van der Waals surface area (Å²) >= 11 is 0. The van der Waals surface area contributed by atoms with Crippen molar-refractivity contribution >= 4 is 7.37 Å². The fraction of sp³-hybridized carbons (Fsp3) is 0.571. The van der Waals surface area contributed by atoms with Crippen LogP contribution < -0.4 is 4.52 Å². The molecule has 0 heterocycles. The standard InChI is InChI=1S/C14H23O2P/c1-3-5-12-17(15,13-6-4-2)16-14-10-8-7-9-11-14/h7-11H,3-6,12-13H2,1-2H3. The van der Waals surface area contributed by atoms with Crippen LogP contribution in [0.15, 0.2) is 30.3 Å². The molecule has 0 aliphatic carbocycles. The Morgan fingerprint density at radius 1 is 1.00 bits per heavy atom. The Hall–Kier alpha value is -0.750. The zero-order chi connectivity index (χ0) is 12.6. The van der Waals surface area contributed by atoms with E-state index in [0.29, 0.717) is 12.3 Å². The van der Waals surface area contributed by atoms with Gasteiger partial charge in [-0.25, -0.2) is 0 Å². The average molecular weight is 254 g/mol. The van der Waals surface area contributed by atoms with Gasteiger partial charge >= 0.3 is 0 Å². The van der Waals surface area contributed by atoms with Crippen molar-refractivity contribution < 1.29 is 9.09 Å². The number of para-hydroxylation sites is 1. The van der Waals surface area contributed by atoms with Crippen LogP contribution >= 0.6 is 7.37 Å². The van der Waals surface area contributed by atoms with Gasteiger partial charge in [-0.3, -0.25) is 4.57 Å². The molecule has 0 fully saturated rings. The highest BCUT2D eigenvalue weighted by atomic mass is 31.2. The van der Waals surface area contributed by atoms with E-state index in [2.05, 4.69) is 13.8 Å². The minimum Gasteiger partial charge on any atom is -0.443 e. The van der Waals surface area contributed by atoms with E-state index in [0.717, 1.165) is 31.4 Å². The van der Waals surface area contributed by atoms with Gasteiger partial charge in [-0.1, -0.05) is 44.9 Å². The summed E-state index contributed by atoms with van der Waals surface area (Å²) in [4.78, 5) is 0. The molecule has 0 N–H and O–H groups in total. The summed E-state index contributed by atoms with van der Waals surface area (Å²) in [7, 11) is -2.47. The molecule has 1 rings (SSSR count). The van der Waals surface area contributed by atoms with Gasteiger partial charge in [-0.2, -0.15) is 0 Å². The predicted molar refractivity (Wildman–Crippen MR) is 74.2 cm³/mol. The lowest BCUT2D eigenvalue weighted by atomic mass is 10.3. The second kappa shape index (κ2) is 7.55. The largest absolute Gasteiger partial charge is 0.443 e. The minimum atomic E-state index is -2.47. The fourth-order valence-electron chi connectivity index (χ4n) is 1.67. The summed E-state index contributed by atoms with van der Waals surface area (Å²) in [6, 6.07) is 9.53. The molecule has 0 atom stereocenters. The van der Waals surface area contributed by atoms with Crippen LogP contribution in [0, 0.1) is 0 Å². The molecule has 1 aromatic carbocycles. The van der Waals surface area contributed by atoms with Crippen LogP contribution in [0.2, 0.25) is 0 Å². The van der Waals surface area contributed by atoms with Crippen molar-refractivity contribution in [1.29, 1.82) is 0 Å². The fourth-order valence-corrected chi connectivity index (χ4v) is 4.18. The van der Waals surface area contributed by atoms with Gasteiger partial charge in [0.15, 0.2) is 0 Å². The molecule has 0 saturated carbocycles. The van der Waals surface area contributed by atoms with E-state index in [4.69, 9.17) is 4.52 Å². The van der Waals surface area contributed by atoms with Gasteiger partial charge < -0.3 is 4.52 Å². The van der Waals surface area contributed by atoms with E-state index < -0.39 is 7.37 Å². The van der Waals surface area contributed by atoms with Crippen molar-refractivity contribution in [3.63, 3.8) is 0 Å². The lowest BCUT2D eigenvalue weighted by Gasteiger charge is -2.19. The average Bonchev–Trinajstić information content (AvgIpc) is 2.35. The Balaban J connectivity index is 2.65. The first-order valence-electron chi connectivity index (χ1n) is 6.53. The molecule has 0 aliphatic rings. The third-order valence-corrected chi connectivity index (χ3v) is 5.26. The van der Waals surface area contributed by atoms with Crippen molar-refractivity contribution in [2.45, 2.75) is 39.5 Å². The number of hydrogen-bond donors (Lipinski definition) is 0. The van der Waals surface area contributed by atoms with Crippen molar-refractivity contribution in [3.05, 3.63) is 30.3 Å². The first-order valence-corrected chi connectivity index (χ1v) is 8.52. The molecule has 17 heavy (non-hydrogen) atoms. The number of hydrogen-bond acceptors (Lipinski definition) is 2. The summed E-state index contributed by atoms with van der Waals surface area (Å²) in [5, 5.41) is 0. The highest BCUT2D eigenvalue weighted by Gasteiger charge is 2.22. The summed E-state index contributed by atoms with van der Waals surface area (Å²) in [5.41, 5.74) is 0. The Bertz CT molecular complexity index is 336. The summed E-state index contributed by atoms with van der Waals surface area (Å²) in [5.74, 6) is 0.739. The Kier molecular flexibility index (Phi) is 6.36. The van der Waals surface area contributed by atoms with Crippen molar-refractivity contribution in [2.75, 3.05) is 12.3 Å². The molecule has 0 aromatic heterocycles. The Labute approximate surface area is 105 Å². The molecule has 0 unspecified atom stereocenters. The van der Waals surface area contributed by atoms with Crippen LogP contribution in [0.3, 0.4) is 0 Å². The maximum Gasteiger partial charge on any atom is 0.247 e. The minimum absolute atomic E-state index is 0.707. The van der Waals surface area contributed by atoms with E-state index in [1.54, 1.807) is 0 Å². The highest BCUT2D eigenvalue weighted by molar-refractivity contribution is 7.59. The maximum absolute atomic E-state index is 12.7. The first kappa shape index (κ1) is 14.3. The molecular weight excluding hydrogens is 231 g/mol. The monoisotopic (exact) mass is 254 g/mol. The molecule has 2 nitrogen and oxygen atoms in total. The smallest absolute Gasteiger partial charge is 0.247 e. The molecule has 0 spiro atoms. The van der Waals surface area contributed by atoms with Gasteiger partial charge in [0.1, 0.15) is 5.75 Å². The van der Waals surface area contributed by atoms with Crippen LogP contribution in [0.5, 0.6) is 5.75 Å². The van der Waals surface area contributed by atoms with E-state index in [-0.39, 0.29) is 0 Å². The van der Waals surface area contributed by atoms with Gasteiger partial charge in [-0.05, 0) is 25.0 Å². The molecule has 0 saturated heterocycles. The van der Waals surface area contributed by atoms with Crippen LogP contribution in [0.25, 0.3) is 0 Å². The quantitative estimate of drug-likeness (QED) is 0.614. The normalized spacial score (nSPS) is 11.4. The number of benzene rings is 1. The molecule has 1 aromatic rings. The molecule has 0 radical (unpaired) electrons. The second-order valence-corrected chi connectivity index (χ2v) is 7.08. The number of unbranched alkanes of at least 4 members (excludes halogenated alkanes) is 2. The van der Waals surface area contributed by atoms with Crippen molar-refractivity contribution in [1.82, 2.24) is 0 Å². The van der Waals surface area contributed by atoms with Crippen molar-refractivity contribution in [2.24, 2.45) is 0 Å². The molecule has 0 amide bonds. The Morgan fingerprint density at radius 3 is 2.00 bits per heavy atom. The van der Waals surface area contributed by atoms with Crippen LogP contribution in [0.4, 0.5) is 0 Å². The van der Waals surface area contributed by atoms with Crippen LogP contribution in [0.1, 0.15) is 39.5 Å². The van der Waals surface area contributed by atoms with Gasteiger partial charge in [0, 0.05) is 12.3 Å². The molecule has 0 bridgehead atoms. The first-order chi connectivity index (χ1) is 8.20. The molecule has 0 aliphatic heterocycles. The summed E-state index contributed by atoms with van der Waals surface area (Å²) in [6.45, 7) is 4.24. The molecular formula is C14H23O2P. The summed E-state index contributed by atoms with van der Waals surface area (Å²) < 4.78 is 18.4. The topological polar surface area (TPSA) is 26.3 Å². The zero-order valence-corrected chi connectivity index (χ0v) is 11.8.